The molecule has 92 valence electrons. The van der Waals surface area contributed by atoms with Crippen LogP contribution in [-0.4, -0.2) is 60.0 Å². The quantitative estimate of drug-likeness (QED) is 0.749. The van der Waals surface area contributed by atoms with Crippen molar-refractivity contribution in [1.29, 1.82) is 0 Å². The highest BCUT2D eigenvalue weighted by atomic mass is 16.4. The molecule has 5 nitrogen and oxygen atoms in total. The molecule has 0 bridgehead atoms. The number of carbonyl (C=O) groups is 2. The lowest BCUT2D eigenvalue weighted by Gasteiger charge is -2.37. The minimum absolute atomic E-state index is 0.0758. The van der Waals surface area contributed by atoms with Gasteiger partial charge in [0.05, 0.1) is 5.92 Å². The Kier molecular flexibility index (Phi) is 4.29. The maximum atomic E-state index is 11.7. The lowest BCUT2D eigenvalue weighted by Crippen LogP contribution is -2.51. The van der Waals surface area contributed by atoms with Crippen LogP contribution in [0.5, 0.6) is 0 Å². The Morgan fingerprint density at radius 2 is 2.19 bits per heavy atom. The maximum absolute atomic E-state index is 11.7. The number of likely N-dealkylation sites (N-methyl/N-ethyl adjacent to an activating group) is 1. The number of hydrogen-bond acceptors (Lipinski definition) is 3. The van der Waals surface area contributed by atoms with Gasteiger partial charge in [-0.15, -0.1) is 0 Å². The molecule has 0 unspecified atom stereocenters. The Bertz CT molecular complexity index is 278. The molecule has 5 heteroatoms. The predicted molar refractivity (Wildman–Crippen MR) is 60.1 cm³/mol. The number of piperidine rings is 1. The smallest absolute Gasteiger partial charge is 0.308 e. The number of hydrogen-bond donors (Lipinski definition) is 1. The van der Waals surface area contributed by atoms with E-state index in [1.807, 2.05) is 25.9 Å². The van der Waals surface area contributed by atoms with Crippen molar-refractivity contribution in [3.8, 4) is 0 Å². The van der Waals surface area contributed by atoms with Crippen LogP contribution in [0.25, 0.3) is 0 Å². The van der Waals surface area contributed by atoms with E-state index >= 15 is 0 Å². The molecule has 0 aromatic heterocycles. The van der Waals surface area contributed by atoms with E-state index in [-0.39, 0.29) is 11.9 Å². The first kappa shape index (κ1) is 13.0. The summed E-state index contributed by atoms with van der Waals surface area (Å²) in [7, 11) is 3.88. The third-order valence-electron chi connectivity index (χ3n) is 3.17. The summed E-state index contributed by atoms with van der Waals surface area (Å²) in [6, 6.07) is -0.196. The van der Waals surface area contributed by atoms with Gasteiger partial charge in [0, 0.05) is 25.6 Å². The average molecular weight is 228 g/mol. The van der Waals surface area contributed by atoms with Crippen molar-refractivity contribution >= 4 is 11.9 Å². The number of carboxylic acids is 1. The van der Waals surface area contributed by atoms with Gasteiger partial charge < -0.3 is 14.9 Å². The van der Waals surface area contributed by atoms with Gasteiger partial charge in [-0.05, 0) is 27.4 Å². The molecule has 1 aliphatic rings. The number of carboxylic acid groups (broad SMARTS) is 1. The number of aliphatic carboxylic acids is 1. The molecule has 0 aromatic rings. The third-order valence-corrected chi connectivity index (χ3v) is 3.17. The van der Waals surface area contributed by atoms with E-state index in [1.165, 1.54) is 0 Å². The Labute approximate surface area is 96.0 Å². The van der Waals surface area contributed by atoms with E-state index < -0.39 is 11.9 Å². The molecule has 1 fully saturated rings. The molecular formula is C11H20N2O3. The summed E-state index contributed by atoms with van der Waals surface area (Å²) in [4.78, 5) is 26.4. The SMILES string of the molecule is C[C@@H]1[C@@H](C(=O)O)CCC(=O)N1CCN(C)C. The molecule has 1 N–H and O–H groups in total. The van der Waals surface area contributed by atoms with Gasteiger partial charge in [-0.25, -0.2) is 0 Å². The van der Waals surface area contributed by atoms with E-state index in [0.717, 1.165) is 6.54 Å². The van der Waals surface area contributed by atoms with Crippen LogP contribution in [0.4, 0.5) is 0 Å². The van der Waals surface area contributed by atoms with Crippen LogP contribution in [0, 0.1) is 5.92 Å². The number of likely N-dealkylation sites (tertiary alicyclic amines) is 1. The number of nitrogens with zero attached hydrogens (tertiary/aromatic N) is 2. The Morgan fingerprint density at radius 1 is 1.56 bits per heavy atom. The van der Waals surface area contributed by atoms with Gasteiger partial charge in [-0.2, -0.15) is 0 Å². The molecule has 0 spiro atoms. The first-order valence-corrected chi connectivity index (χ1v) is 5.60. The minimum Gasteiger partial charge on any atom is -0.481 e. The molecule has 1 amide bonds. The van der Waals surface area contributed by atoms with Crippen molar-refractivity contribution in [3.63, 3.8) is 0 Å². The Balaban J connectivity index is 2.64. The fourth-order valence-electron chi connectivity index (χ4n) is 2.07. The van der Waals surface area contributed by atoms with E-state index in [0.29, 0.717) is 19.4 Å². The molecule has 1 heterocycles. The number of carbonyl (C=O) groups excluding carboxylic acids is 1. The fourth-order valence-corrected chi connectivity index (χ4v) is 2.07. The topological polar surface area (TPSA) is 60.9 Å². The summed E-state index contributed by atoms with van der Waals surface area (Å²) in [5.74, 6) is -1.14. The van der Waals surface area contributed by atoms with Crippen molar-refractivity contribution in [2.45, 2.75) is 25.8 Å². The molecule has 0 aromatic carbocycles. The van der Waals surface area contributed by atoms with Crippen LogP contribution in [0.2, 0.25) is 0 Å². The molecular weight excluding hydrogens is 208 g/mol. The molecule has 2 atom stereocenters. The summed E-state index contributed by atoms with van der Waals surface area (Å²) in [6.07, 6.45) is 0.822. The largest absolute Gasteiger partial charge is 0.481 e. The van der Waals surface area contributed by atoms with Crippen molar-refractivity contribution in [1.82, 2.24) is 9.80 Å². The zero-order chi connectivity index (χ0) is 12.3. The minimum atomic E-state index is -0.796. The zero-order valence-corrected chi connectivity index (χ0v) is 10.1. The molecule has 1 rings (SSSR count). The predicted octanol–water partition coefficient (Wildman–Crippen LogP) is 0.260. The van der Waals surface area contributed by atoms with E-state index in [1.54, 1.807) is 4.90 Å². The van der Waals surface area contributed by atoms with Gasteiger partial charge in [0.15, 0.2) is 0 Å². The third kappa shape index (κ3) is 2.95. The van der Waals surface area contributed by atoms with Gasteiger partial charge >= 0.3 is 5.97 Å². The highest BCUT2D eigenvalue weighted by molar-refractivity contribution is 5.81. The Morgan fingerprint density at radius 3 is 2.69 bits per heavy atom. The summed E-state index contributed by atoms with van der Waals surface area (Å²) in [5, 5.41) is 9.04. The molecule has 1 saturated heterocycles. The second kappa shape index (κ2) is 5.30. The van der Waals surface area contributed by atoms with E-state index in [2.05, 4.69) is 0 Å². The van der Waals surface area contributed by atoms with Crippen LogP contribution in [-0.2, 0) is 9.59 Å². The van der Waals surface area contributed by atoms with Crippen LogP contribution in [0.3, 0.4) is 0 Å². The van der Waals surface area contributed by atoms with Gasteiger partial charge in [0.2, 0.25) is 5.91 Å². The van der Waals surface area contributed by atoms with Gasteiger partial charge in [-0.3, -0.25) is 9.59 Å². The van der Waals surface area contributed by atoms with Gasteiger partial charge in [0.1, 0.15) is 0 Å². The molecule has 0 radical (unpaired) electrons. The summed E-state index contributed by atoms with van der Waals surface area (Å²) < 4.78 is 0. The number of rotatable bonds is 4. The first-order valence-electron chi connectivity index (χ1n) is 5.60. The second-order valence-corrected chi connectivity index (χ2v) is 4.61. The zero-order valence-electron chi connectivity index (χ0n) is 10.1. The Hall–Kier alpha value is -1.10. The van der Waals surface area contributed by atoms with Crippen molar-refractivity contribution in [2.75, 3.05) is 27.2 Å². The van der Waals surface area contributed by atoms with Crippen molar-refractivity contribution in [3.05, 3.63) is 0 Å². The summed E-state index contributed by atoms with van der Waals surface area (Å²) in [5.41, 5.74) is 0. The molecule has 1 aliphatic heterocycles. The maximum Gasteiger partial charge on any atom is 0.308 e. The molecule has 0 saturated carbocycles. The highest BCUT2D eigenvalue weighted by Gasteiger charge is 2.36. The average Bonchev–Trinajstić information content (AvgIpc) is 2.16. The van der Waals surface area contributed by atoms with E-state index in [9.17, 15) is 9.59 Å². The van der Waals surface area contributed by atoms with Gasteiger partial charge in [-0.1, -0.05) is 0 Å². The molecule has 16 heavy (non-hydrogen) atoms. The van der Waals surface area contributed by atoms with Crippen LogP contribution in [0.1, 0.15) is 19.8 Å². The van der Waals surface area contributed by atoms with Crippen LogP contribution in [0.15, 0.2) is 0 Å². The van der Waals surface area contributed by atoms with E-state index in [4.69, 9.17) is 5.11 Å². The van der Waals surface area contributed by atoms with Crippen molar-refractivity contribution < 1.29 is 14.7 Å². The molecule has 0 aliphatic carbocycles. The fraction of sp³-hybridized carbons (Fsp3) is 0.818. The summed E-state index contributed by atoms with van der Waals surface area (Å²) in [6.45, 7) is 3.20. The lowest BCUT2D eigenvalue weighted by molar-refractivity contribution is -0.151. The van der Waals surface area contributed by atoms with Crippen molar-refractivity contribution in [2.24, 2.45) is 5.92 Å². The normalized spacial score (nSPS) is 26.2. The number of amides is 1. The van der Waals surface area contributed by atoms with Crippen LogP contribution >= 0.6 is 0 Å². The first-order chi connectivity index (χ1) is 7.43. The summed E-state index contributed by atoms with van der Waals surface area (Å²) >= 11 is 0. The lowest BCUT2D eigenvalue weighted by atomic mass is 9.90. The van der Waals surface area contributed by atoms with Gasteiger partial charge in [0.25, 0.3) is 0 Å². The standard InChI is InChI=1S/C11H20N2O3/c1-8-9(11(15)16)4-5-10(14)13(8)7-6-12(2)3/h8-9H,4-7H2,1-3H3,(H,15,16)/t8-,9+/m1/s1. The second-order valence-electron chi connectivity index (χ2n) is 4.61. The highest BCUT2D eigenvalue weighted by Crippen LogP contribution is 2.24. The monoisotopic (exact) mass is 228 g/mol. The van der Waals surface area contributed by atoms with Crippen LogP contribution < -0.4 is 0 Å².